The number of anilines is 2. The van der Waals surface area contributed by atoms with Crippen LogP contribution in [0.3, 0.4) is 0 Å². The van der Waals surface area contributed by atoms with E-state index >= 15 is 0 Å². The molecule has 2 fully saturated rings. The van der Waals surface area contributed by atoms with Crippen LogP contribution in [0.2, 0.25) is 10.0 Å². The number of hydrogen-bond acceptors (Lipinski definition) is 7. The number of halogens is 3. The van der Waals surface area contributed by atoms with Crippen LogP contribution in [0.25, 0.3) is 10.9 Å². The van der Waals surface area contributed by atoms with Crippen molar-refractivity contribution in [2.24, 2.45) is 0 Å². The third-order valence-electron chi connectivity index (χ3n) is 6.21. The summed E-state index contributed by atoms with van der Waals surface area (Å²) in [5, 5.41) is 3.64. The maximum Gasteiger partial charge on any atom is 0.410 e. The Balaban J connectivity index is 1.48. The Bertz CT molecular complexity index is 1340. The zero-order valence-electron chi connectivity index (χ0n) is 20.7. The molecule has 8 nitrogen and oxygen atoms in total. The number of hydrogen-bond donors (Lipinski definition) is 1. The van der Waals surface area contributed by atoms with E-state index in [1.54, 1.807) is 4.90 Å². The normalized spacial score (nSPS) is 18.1. The van der Waals surface area contributed by atoms with Gasteiger partial charge in [-0.3, -0.25) is 0 Å². The quantitative estimate of drug-likeness (QED) is 0.373. The fourth-order valence-electron chi connectivity index (χ4n) is 4.31. The van der Waals surface area contributed by atoms with Gasteiger partial charge in [-0.15, -0.1) is 0 Å². The van der Waals surface area contributed by atoms with Crippen LogP contribution in [0.4, 0.5) is 20.7 Å². The highest BCUT2D eigenvalue weighted by molar-refractivity contribution is 6.42. The van der Waals surface area contributed by atoms with Gasteiger partial charge < -0.3 is 24.4 Å². The molecule has 0 radical (unpaired) electrons. The number of ether oxygens (including phenoxy) is 3. The number of fused-ring (bicyclic) bond motifs is 1. The van der Waals surface area contributed by atoms with Crippen LogP contribution >= 0.6 is 23.2 Å². The van der Waals surface area contributed by atoms with Crippen LogP contribution in [0.5, 0.6) is 5.75 Å². The number of nitrogens with one attached hydrogen (secondary N) is 1. The van der Waals surface area contributed by atoms with Gasteiger partial charge in [0, 0.05) is 42.4 Å². The third kappa shape index (κ3) is 5.54. The predicted octanol–water partition coefficient (Wildman–Crippen LogP) is 6.32. The van der Waals surface area contributed by atoms with E-state index in [-0.39, 0.29) is 33.8 Å². The SMILES string of the molecule is CC(C)(C)OC(=O)N1CC(c2cc3c(Nc4ccc(Cl)c(Cl)c4F)ncnc3cc2O[C@H]2CCOC2)C1. The van der Waals surface area contributed by atoms with E-state index < -0.39 is 11.4 Å². The summed E-state index contributed by atoms with van der Waals surface area (Å²) in [5.74, 6) is 0.433. The fourth-order valence-corrected chi connectivity index (χ4v) is 4.62. The minimum Gasteiger partial charge on any atom is -0.488 e. The first-order valence-electron chi connectivity index (χ1n) is 12.0. The van der Waals surface area contributed by atoms with Crippen molar-refractivity contribution in [1.82, 2.24) is 14.9 Å². The van der Waals surface area contributed by atoms with Crippen molar-refractivity contribution in [3.8, 4) is 5.75 Å². The Kier molecular flexibility index (Phi) is 7.04. The van der Waals surface area contributed by atoms with Crippen LogP contribution in [0.1, 0.15) is 38.7 Å². The second kappa shape index (κ2) is 10.1. The molecule has 1 atom stereocenters. The third-order valence-corrected chi connectivity index (χ3v) is 6.99. The van der Waals surface area contributed by atoms with Gasteiger partial charge in [0.15, 0.2) is 5.82 Å². The molecule has 11 heteroatoms. The molecule has 0 unspecified atom stereocenters. The lowest BCUT2D eigenvalue weighted by Gasteiger charge is -2.40. The number of carbonyl (C=O) groups excluding carboxylic acids is 1. The number of likely N-dealkylation sites (tertiary alicyclic amines) is 1. The number of amides is 1. The highest BCUT2D eigenvalue weighted by atomic mass is 35.5. The van der Waals surface area contributed by atoms with Crippen molar-refractivity contribution in [2.75, 3.05) is 31.6 Å². The first-order valence-corrected chi connectivity index (χ1v) is 12.8. The van der Waals surface area contributed by atoms with Crippen molar-refractivity contribution in [3.63, 3.8) is 0 Å². The summed E-state index contributed by atoms with van der Waals surface area (Å²) >= 11 is 11.9. The van der Waals surface area contributed by atoms with Gasteiger partial charge in [0.25, 0.3) is 0 Å². The first kappa shape index (κ1) is 25.8. The summed E-state index contributed by atoms with van der Waals surface area (Å²) in [6.07, 6.45) is 1.77. The Morgan fingerprint density at radius 1 is 1.22 bits per heavy atom. The number of aromatic nitrogens is 2. The topological polar surface area (TPSA) is 85.8 Å². The van der Waals surface area contributed by atoms with Gasteiger partial charge in [0.2, 0.25) is 0 Å². The molecule has 1 aromatic heterocycles. The zero-order valence-corrected chi connectivity index (χ0v) is 22.2. The Hall–Kier alpha value is -2.88. The Morgan fingerprint density at radius 3 is 2.70 bits per heavy atom. The molecule has 1 amide bonds. The lowest BCUT2D eigenvalue weighted by Crippen LogP contribution is -2.50. The Morgan fingerprint density at radius 2 is 2.00 bits per heavy atom. The van der Waals surface area contributed by atoms with Gasteiger partial charge in [-0.1, -0.05) is 23.2 Å². The van der Waals surface area contributed by atoms with Crippen LogP contribution in [0.15, 0.2) is 30.6 Å². The summed E-state index contributed by atoms with van der Waals surface area (Å²) in [6.45, 7) is 7.64. The van der Waals surface area contributed by atoms with E-state index in [1.807, 2.05) is 32.9 Å². The molecule has 0 aliphatic carbocycles. The molecular formula is C26H27Cl2FN4O4. The molecule has 2 aliphatic heterocycles. The van der Waals surface area contributed by atoms with Crippen LogP contribution < -0.4 is 10.1 Å². The standard InChI is InChI=1S/C26H27Cl2FN4O4/c1-26(2,3)37-25(34)33-10-14(11-33)16-8-17-20(9-21(16)36-15-6-7-35-12-15)30-13-31-24(17)32-19-5-4-18(27)22(28)23(19)29/h4-5,8-9,13-15H,6-7,10-12H2,1-3H3,(H,30,31,32)/t15-/m0/s1. The molecule has 0 bridgehead atoms. The lowest BCUT2D eigenvalue weighted by atomic mass is 9.90. The first-order chi connectivity index (χ1) is 17.6. The molecule has 3 heterocycles. The predicted molar refractivity (Wildman–Crippen MR) is 140 cm³/mol. The van der Waals surface area contributed by atoms with Gasteiger partial charge in [-0.25, -0.2) is 19.2 Å². The van der Waals surface area contributed by atoms with E-state index in [0.29, 0.717) is 48.8 Å². The highest BCUT2D eigenvalue weighted by Gasteiger charge is 2.37. The second-order valence-electron chi connectivity index (χ2n) is 10.2. The number of benzene rings is 2. The summed E-state index contributed by atoms with van der Waals surface area (Å²) < 4.78 is 32.0. The van der Waals surface area contributed by atoms with Crippen molar-refractivity contribution < 1.29 is 23.4 Å². The smallest absolute Gasteiger partial charge is 0.410 e. The summed E-state index contributed by atoms with van der Waals surface area (Å²) in [5.41, 5.74) is 1.10. The maximum atomic E-state index is 14.7. The maximum absolute atomic E-state index is 14.7. The van der Waals surface area contributed by atoms with E-state index in [4.69, 9.17) is 37.4 Å². The van der Waals surface area contributed by atoms with Crippen LogP contribution in [-0.4, -0.2) is 59.0 Å². The minimum absolute atomic E-state index is 0.0176. The number of rotatable bonds is 5. The van der Waals surface area contributed by atoms with Crippen molar-refractivity contribution in [3.05, 3.63) is 52.0 Å². The van der Waals surface area contributed by atoms with E-state index in [1.165, 1.54) is 18.5 Å². The van der Waals surface area contributed by atoms with Gasteiger partial charge >= 0.3 is 6.09 Å². The molecule has 0 saturated carbocycles. The zero-order chi connectivity index (χ0) is 26.3. The summed E-state index contributed by atoms with van der Waals surface area (Å²) in [4.78, 5) is 22.9. The lowest BCUT2D eigenvalue weighted by molar-refractivity contribution is 0.00784. The molecule has 2 aliphatic rings. The second-order valence-corrected chi connectivity index (χ2v) is 10.9. The molecule has 0 spiro atoms. The van der Waals surface area contributed by atoms with Gasteiger partial charge in [-0.2, -0.15) is 0 Å². The summed E-state index contributed by atoms with van der Waals surface area (Å²) in [7, 11) is 0. The molecule has 2 aromatic carbocycles. The van der Waals surface area contributed by atoms with Gasteiger partial charge in [0.1, 0.15) is 29.6 Å². The van der Waals surface area contributed by atoms with Crippen molar-refractivity contribution >= 4 is 51.7 Å². The van der Waals surface area contributed by atoms with E-state index in [9.17, 15) is 9.18 Å². The monoisotopic (exact) mass is 548 g/mol. The van der Waals surface area contributed by atoms with Crippen LogP contribution in [-0.2, 0) is 9.47 Å². The highest BCUT2D eigenvalue weighted by Crippen LogP contribution is 2.40. The number of carbonyl (C=O) groups is 1. The van der Waals surface area contributed by atoms with E-state index in [0.717, 1.165) is 12.0 Å². The molecule has 3 aromatic rings. The van der Waals surface area contributed by atoms with Crippen LogP contribution in [0, 0.1) is 5.82 Å². The molecule has 196 valence electrons. The molecule has 2 saturated heterocycles. The molecule has 5 rings (SSSR count). The Labute approximate surface area is 224 Å². The van der Waals surface area contributed by atoms with Gasteiger partial charge in [0.05, 0.1) is 34.5 Å². The average Bonchev–Trinajstić information content (AvgIpc) is 3.31. The summed E-state index contributed by atoms with van der Waals surface area (Å²) in [6, 6.07) is 6.81. The molecular weight excluding hydrogens is 522 g/mol. The van der Waals surface area contributed by atoms with Gasteiger partial charge in [-0.05, 0) is 39.0 Å². The average molecular weight is 549 g/mol. The van der Waals surface area contributed by atoms with Crippen molar-refractivity contribution in [1.29, 1.82) is 0 Å². The van der Waals surface area contributed by atoms with E-state index in [2.05, 4.69) is 15.3 Å². The number of nitrogens with zero attached hydrogens (tertiary/aromatic N) is 3. The molecule has 37 heavy (non-hydrogen) atoms. The molecule has 1 N–H and O–H groups in total. The fraction of sp³-hybridized carbons (Fsp3) is 0.423. The van der Waals surface area contributed by atoms with Crippen molar-refractivity contribution in [2.45, 2.75) is 44.8 Å². The largest absolute Gasteiger partial charge is 0.488 e. The minimum atomic E-state index is -0.672.